The normalized spacial score (nSPS) is 17.3. The largest absolute Gasteiger partial charge is 0.390 e. The summed E-state index contributed by atoms with van der Waals surface area (Å²) in [6.07, 6.45) is 5.49. The van der Waals surface area contributed by atoms with Crippen molar-refractivity contribution in [3.63, 3.8) is 0 Å². The molecule has 3 aromatic heterocycles. The van der Waals surface area contributed by atoms with Gasteiger partial charge in [0.1, 0.15) is 5.82 Å². The Morgan fingerprint density at radius 2 is 2.06 bits per heavy atom. The van der Waals surface area contributed by atoms with Gasteiger partial charge in [-0.05, 0) is 24.0 Å². The molecule has 1 aliphatic rings. The SMILES string of the molecule is CC1(C)CC1C(CO)=Nc1cc(-n2ccc3c(cnn3Cc3ccccc3F)c2=O)c(Cl)cn1. The molecular weight excluding hydrogens is 457 g/mol. The Bertz CT molecular complexity index is 1490. The topological polar surface area (TPSA) is 85.3 Å². The minimum atomic E-state index is -0.326. The van der Waals surface area contributed by atoms with Gasteiger partial charge in [-0.15, -0.1) is 0 Å². The Kier molecular flexibility index (Phi) is 5.58. The van der Waals surface area contributed by atoms with Crippen LogP contribution in [-0.4, -0.2) is 36.8 Å². The van der Waals surface area contributed by atoms with Gasteiger partial charge >= 0.3 is 0 Å². The van der Waals surface area contributed by atoms with Gasteiger partial charge in [-0.1, -0.05) is 43.6 Å². The highest BCUT2D eigenvalue weighted by Gasteiger charge is 2.48. The Morgan fingerprint density at radius 3 is 2.76 bits per heavy atom. The molecule has 5 rings (SSSR count). The van der Waals surface area contributed by atoms with Gasteiger partial charge in [0.2, 0.25) is 0 Å². The van der Waals surface area contributed by atoms with Crippen molar-refractivity contribution in [3.05, 3.63) is 81.7 Å². The summed E-state index contributed by atoms with van der Waals surface area (Å²) in [6.45, 7) is 4.31. The number of benzene rings is 1. The maximum Gasteiger partial charge on any atom is 0.266 e. The summed E-state index contributed by atoms with van der Waals surface area (Å²) in [7, 11) is 0. The van der Waals surface area contributed by atoms with E-state index in [1.54, 1.807) is 41.2 Å². The second-order valence-electron chi connectivity index (χ2n) is 9.18. The first-order valence-electron chi connectivity index (χ1n) is 10.9. The van der Waals surface area contributed by atoms with Crippen molar-refractivity contribution >= 4 is 34.0 Å². The third-order valence-electron chi connectivity index (χ3n) is 6.40. The van der Waals surface area contributed by atoms with Gasteiger partial charge in [-0.3, -0.25) is 14.0 Å². The van der Waals surface area contributed by atoms with E-state index in [9.17, 15) is 14.3 Å². The summed E-state index contributed by atoms with van der Waals surface area (Å²) >= 11 is 6.39. The average molecular weight is 480 g/mol. The molecule has 3 heterocycles. The quantitative estimate of drug-likeness (QED) is 0.411. The lowest BCUT2D eigenvalue weighted by atomic mass is 10.1. The van der Waals surface area contributed by atoms with Gasteiger partial charge in [-0.25, -0.2) is 14.4 Å². The molecule has 9 heteroatoms. The van der Waals surface area contributed by atoms with Crippen LogP contribution in [0.4, 0.5) is 10.2 Å². The van der Waals surface area contributed by atoms with Crippen molar-refractivity contribution in [2.45, 2.75) is 26.8 Å². The zero-order valence-corrected chi connectivity index (χ0v) is 19.5. The number of pyridine rings is 2. The predicted octanol–water partition coefficient (Wildman–Crippen LogP) is 4.53. The van der Waals surface area contributed by atoms with Crippen molar-refractivity contribution in [1.82, 2.24) is 19.3 Å². The monoisotopic (exact) mass is 479 g/mol. The summed E-state index contributed by atoms with van der Waals surface area (Å²) in [5, 5.41) is 14.8. The second-order valence-corrected chi connectivity index (χ2v) is 9.59. The number of aliphatic hydroxyl groups is 1. The zero-order valence-electron chi connectivity index (χ0n) is 18.7. The van der Waals surface area contributed by atoms with Crippen LogP contribution in [0.2, 0.25) is 5.02 Å². The minimum absolute atomic E-state index is 0.113. The van der Waals surface area contributed by atoms with Crippen LogP contribution >= 0.6 is 11.6 Å². The predicted molar refractivity (Wildman–Crippen MR) is 130 cm³/mol. The first kappa shape index (κ1) is 22.4. The molecule has 7 nitrogen and oxygen atoms in total. The number of hydrogen-bond donors (Lipinski definition) is 1. The molecule has 34 heavy (non-hydrogen) atoms. The third kappa shape index (κ3) is 4.03. The van der Waals surface area contributed by atoms with Crippen molar-refractivity contribution in [2.24, 2.45) is 16.3 Å². The molecule has 1 atom stereocenters. The molecule has 0 aliphatic heterocycles. The standard InChI is InChI=1S/C25H23ClFN5O2/c1-25(2)10-17(25)20(14-33)30-23-9-22(18(26)12-28-23)31-8-7-21-16(24(31)34)11-29-32(21)13-15-5-3-4-6-19(15)27/h3-9,11-12,17,33H,10,13-14H2,1-2H3. The molecule has 1 saturated carbocycles. The van der Waals surface area contributed by atoms with E-state index in [4.69, 9.17) is 11.6 Å². The maximum absolute atomic E-state index is 14.1. The summed E-state index contributed by atoms with van der Waals surface area (Å²) in [5.41, 5.74) is 1.97. The Balaban J connectivity index is 1.52. The number of nitrogens with zero attached hydrogens (tertiary/aromatic N) is 5. The summed E-state index contributed by atoms with van der Waals surface area (Å²) in [4.78, 5) is 22.1. The van der Waals surface area contributed by atoms with Crippen LogP contribution in [0.5, 0.6) is 0 Å². The third-order valence-corrected chi connectivity index (χ3v) is 6.70. The molecule has 0 radical (unpaired) electrons. The van der Waals surface area contributed by atoms with Gasteiger partial charge < -0.3 is 5.11 Å². The van der Waals surface area contributed by atoms with Crippen LogP contribution in [0.3, 0.4) is 0 Å². The number of aliphatic hydroxyl groups excluding tert-OH is 1. The van der Waals surface area contributed by atoms with Crippen LogP contribution < -0.4 is 5.56 Å². The van der Waals surface area contributed by atoms with Gasteiger partial charge in [0.25, 0.3) is 5.56 Å². The van der Waals surface area contributed by atoms with E-state index in [1.807, 2.05) is 0 Å². The molecule has 1 N–H and O–H groups in total. The number of rotatable bonds is 6. The zero-order chi connectivity index (χ0) is 24.0. The lowest BCUT2D eigenvalue weighted by Gasteiger charge is -2.10. The highest BCUT2D eigenvalue weighted by atomic mass is 35.5. The molecular formula is C25H23ClFN5O2. The molecule has 4 aromatic rings. The van der Waals surface area contributed by atoms with Gasteiger partial charge in [-0.2, -0.15) is 5.10 Å². The van der Waals surface area contributed by atoms with E-state index < -0.39 is 0 Å². The highest BCUT2D eigenvalue weighted by Crippen LogP contribution is 2.52. The van der Waals surface area contributed by atoms with Crippen molar-refractivity contribution in [3.8, 4) is 5.69 Å². The fourth-order valence-electron chi connectivity index (χ4n) is 4.25. The van der Waals surface area contributed by atoms with Crippen molar-refractivity contribution in [2.75, 3.05) is 6.61 Å². The number of hydrogen-bond acceptors (Lipinski definition) is 5. The summed E-state index contributed by atoms with van der Waals surface area (Å²) in [6, 6.07) is 9.85. The van der Waals surface area contributed by atoms with Gasteiger partial charge in [0.15, 0.2) is 5.82 Å². The number of aromatic nitrogens is 4. The van der Waals surface area contributed by atoms with Crippen LogP contribution in [0.15, 0.2) is 64.8 Å². The highest BCUT2D eigenvalue weighted by molar-refractivity contribution is 6.32. The summed E-state index contributed by atoms with van der Waals surface area (Å²) < 4.78 is 17.1. The lowest BCUT2D eigenvalue weighted by Crippen LogP contribution is -2.18. The second kappa shape index (κ2) is 8.45. The van der Waals surface area contributed by atoms with Gasteiger partial charge in [0, 0.05) is 29.5 Å². The van der Waals surface area contributed by atoms with Crippen LogP contribution in [0.1, 0.15) is 25.8 Å². The van der Waals surface area contributed by atoms with E-state index in [1.165, 1.54) is 23.0 Å². The fraction of sp³-hybridized carbons (Fsp3) is 0.280. The minimum Gasteiger partial charge on any atom is -0.390 e. The maximum atomic E-state index is 14.1. The molecule has 0 spiro atoms. The van der Waals surface area contributed by atoms with E-state index >= 15 is 0 Å². The Labute approximate surface area is 200 Å². The first-order chi connectivity index (χ1) is 16.3. The fourth-order valence-corrected chi connectivity index (χ4v) is 4.45. The number of aliphatic imine (C=N–C) groups is 1. The van der Waals surface area contributed by atoms with Crippen LogP contribution in [0.25, 0.3) is 16.6 Å². The molecule has 1 aliphatic carbocycles. The van der Waals surface area contributed by atoms with Crippen LogP contribution in [-0.2, 0) is 6.54 Å². The van der Waals surface area contributed by atoms with Crippen molar-refractivity contribution < 1.29 is 9.50 Å². The lowest BCUT2D eigenvalue weighted by molar-refractivity contribution is 0.352. The molecule has 0 amide bonds. The first-order valence-corrected chi connectivity index (χ1v) is 11.3. The summed E-state index contributed by atoms with van der Waals surface area (Å²) in [5.74, 6) is 0.249. The molecule has 174 valence electrons. The van der Waals surface area contributed by atoms with E-state index in [2.05, 4.69) is 28.9 Å². The molecule has 0 saturated heterocycles. The molecule has 1 unspecified atom stereocenters. The van der Waals surface area contributed by atoms with Gasteiger partial charge in [0.05, 0.1) is 47.2 Å². The average Bonchev–Trinajstić information content (AvgIpc) is 3.25. The van der Waals surface area contributed by atoms with E-state index in [-0.39, 0.29) is 40.9 Å². The number of halogens is 2. The Hall–Kier alpha value is -3.36. The molecule has 1 fully saturated rings. The van der Waals surface area contributed by atoms with Crippen LogP contribution in [0, 0.1) is 17.2 Å². The number of fused-ring (bicyclic) bond motifs is 1. The van der Waals surface area contributed by atoms with E-state index in [0.29, 0.717) is 33.7 Å². The molecule has 0 bridgehead atoms. The molecule has 1 aromatic carbocycles. The van der Waals surface area contributed by atoms with E-state index in [0.717, 1.165) is 6.42 Å². The smallest absolute Gasteiger partial charge is 0.266 e. The van der Waals surface area contributed by atoms with Crippen molar-refractivity contribution in [1.29, 1.82) is 0 Å². The Morgan fingerprint density at radius 1 is 1.29 bits per heavy atom.